The van der Waals surface area contributed by atoms with Crippen LogP contribution in [0.15, 0.2) is 42.0 Å². The number of nitrogens with one attached hydrogen (secondary N) is 1. The van der Waals surface area contributed by atoms with Crippen LogP contribution in [0, 0.1) is 21.4 Å². The Kier molecular flexibility index (Phi) is 5.24. The van der Waals surface area contributed by atoms with E-state index < -0.39 is 10.8 Å². The molecule has 8 nitrogen and oxygen atoms in total. The molecule has 3 rings (SSSR count). The van der Waals surface area contributed by atoms with Gasteiger partial charge in [-0.25, -0.2) is 0 Å². The average Bonchev–Trinajstić information content (AvgIpc) is 2.66. The molecule has 0 atom stereocenters. The highest BCUT2D eigenvalue weighted by Crippen LogP contribution is 2.32. The van der Waals surface area contributed by atoms with E-state index in [9.17, 15) is 20.2 Å². The molecule has 2 aromatic rings. The summed E-state index contributed by atoms with van der Waals surface area (Å²) in [6.45, 7) is 0.857. The maximum Gasteiger partial charge on any atom is 0.288 e. The minimum Gasteiger partial charge on any atom is -0.486 e. The maximum atomic E-state index is 12.4. The molecule has 2 aromatic carbocycles. The number of nitro groups is 1. The quantitative estimate of drug-likeness (QED) is 0.372. The fourth-order valence-corrected chi connectivity index (χ4v) is 2.58. The number of nitriles is 1. The van der Waals surface area contributed by atoms with Gasteiger partial charge < -0.3 is 14.8 Å². The van der Waals surface area contributed by atoms with E-state index in [1.807, 2.05) is 0 Å². The first-order valence-electron chi connectivity index (χ1n) is 7.74. The molecule has 0 aromatic heterocycles. The van der Waals surface area contributed by atoms with Crippen molar-refractivity contribution in [2.75, 3.05) is 18.5 Å². The molecule has 1 aliphatic heterocycles. The van der Waals surface area contributed by atoms with Gasteiger partial charge in [-0.1, -0.05) is 17.7 Å². The number of nitro benzene ring substituents is 1. The van der Waals surface area contributed by atoms with E-state index in [0.717, 1.165) is 0 Å². The third-order valence-electron chi connectivity index (χ3n) is 3.64. The lowest BCUT2D eigenvalue weighted by molar-refractivity contribution is -0.384. The van der Waals surface area contributed by atoms with Gasteiger partial charge in [0, 0.05) is 17.8 Å². The summed E-state index contributed by atoms with van der Waals surface area (Å²) in [5, 5.41) is 22.8. The lowest BCUT2D eigenvalue weighted by Gasteiger charge is -2.18. The van der Waals surface area contributed by atoms with Gasteiger partial charge in [0.1, 0.15) is 29.9 Å². The second-order valence-corrected chi connectivity index (χ2v) is 5.86. The largest absolute Gasteiger partial charge is 0.486 e. The van der Waals surface area contributed by atoms with Crippen molar-refractivity contribution in [3.05, 3.63) is 62.7 Å². The van der Waals surface area contributed by atoms with E-state index in [1.165, 1.54) is 24.3 Å². The standard InChI is InChI=1S/C18H12ClN3O5/c19-14-3-1-11(8-15(14)22(24)25)7-12(10-20)18(23)21-13-2-4-16-17(9-13)27-6-5-26-16/h1-4,7-9H,5-6H2,(H,21,23)/b12-7+. The van der Waals surface area contributed by atoms with Crippen molar-refractivity contribution in [2.24, 2.45) is 0 Å². The molecule has 136 valence electrons. The normalized spacial score (nSPS) is 12.8. The van der Waals surface area contributed by atoms with Crippen molar-refractivity contribution >= 4 is 35.0 Å². The monoisotopic (exact) mass is 385 g/mol. The maximum absolute atomic E-state index is 12.4. The van der Waals surface area contributed by atoms with E-state index in [0.29, 0.717) is 36.0 Å². The van der Waals surface area contributed by atoms with Gasteiger partial charge in [-0.05, 0) is 29.8 Å². The molecule has 0 fully saturated rings. The van der Waals surface area contributed by atoms with Crippen LogP contribution in [0.4, 0.5) is 11.4 Å². The summed E-state index contributed by atoms with van der Waals surface area (Å²) in [5.41, 5.74) is 0.198. The predicted molar refractivity (Wildman–Crippen MR) is 97.8 cm³/mol. The Bertz CT molecular complexity index is 997. The number of hydrogen-bond donors (Lipinski definition) is 1. The predicted octanol–water partition coefficient (Wildman–Crippen LogP) is 3.57. The van der Waals surface area contributed by atoms with Crippen LogP contribution in [0.1, 0.15) is 5.56 Å². The summed E-state index contributed by atoms with van der Waals surface area (Å²) in [6, 6.07) is 10.7. The van der Waals surface area contributed by atoms with Crippen molar-refractivity contribution < 1.29 is 19.2 Å². The molecule has 1 aliphatic rings. The molecule has 9 heteroatoms. The Morgan fingerprint density at radius 3 is 2.67 bits per heavy atom. The number of fused-ring (bicyclic) bond motifs is 1. The molecule has 1 N–H and O–H groups in total. The Hall–Kier alpha value is -3.57. The number of nitrogens with zero attached hydrogens (tertiary/aromatic N) is 2. The van der Waals surface area contributed by atoms with Gasteiger partial charge in [0.25, 0.3) is 11.6 Å². The van der Waals surface area contributed by atoms with Crippen LogP contribution >= 0.6 is 11.6 Å². The number of carbonyl (C=O) groups is 1. The Morgan fingerprint density at radius 1 is 1.22 bits per heavy atom. The lowest BCUT2D eigenvalue weighted by atomic mass is 10.1. The molecular formula is C18H12ClN3O5. The van der Waals surface area contributed by atoms with Crippen LogP contribution in [-0.4, -0.2) is 24.0 Å². The number of halogens is 1. The van der Waals surface area contributed by atoms with Crippen molar-refractivity contribution in [3.8, 4) is 17.6 Å². The number of anilines is 1. The minimum atomic E-state index is -0.660. The fourth-order valence-electron chi connectivity index (χ4n) is 2.39. The van der Waals surface area contributed by atoms with Crippen molar-refractivity contribution in [2.45, 2.75) is 0 Å². The third-order valence-corrected chi connectivity index (χ3v) is 3.96. The molecule has 0 saturated carbocycles. The number of carbonyl (C=O) groups excluding carboxylic acids is 1. The van der Waals surface area contributed by atoms with E-state index >= 15 is 0 Å². The summed E-state index contributed by atoms with van der Waals surface area (Å²) in [5.74, 6) is 0.408. The summed E-state index contributed by atoms with van der Waals surface area (Å²) < 4.78 is 10.8. The minimum absolute atomic E-state index is 0.0311. The number of hydrogen-bond acceptors (Lipinski definition) is 6. The van der Waals surface area contributed by atoms with Crippen molar-refractivity contribution in [3.63, 3.8) is 0 Å². The van der Waals surface area contributed by atoms with Gasteiger partial charge >= 0.3 is 0 Å². The van der Waals surface area contributed by atoms with E-state index in [4.69, 9.17) is 21.1 Å². The number of benzene rings is 2. The second-order valence-electron chi connectivity index (χ2n) is 5.45. The summed E-state index contributed by atoms with van der Waals surface area (Å²) in [6.07, 6.45) is 1.25. The molecule has 0 unspecified atom stereocenters. The highest BCUT2D eigenvalue weighted by Gasteiger charge is 2.16. The molecule has 1 amide bonds. The molecular weight excluding hydrogens is 374 g/mol. The van der Waals surface area contributed by atoms with Gasteiger partial charge in [0.2, 0.25) is 0 Å². The van der Waals surface area contributed by atoms with Gasteiger partial charge in [-0.2, -0.15) is 5.26 Å². The van der Waals surface area contributed by atoms with Crippen LogP contribution in [0.2, 0.25) is 5.02 Å². The SMILES string of the molecule is N#C/C(=C\c1ccc(Cl)c([N+](=O)[O-])c1)C(=O)Nc1ccc2c(c1)OCCO2. The first-order valence-corrected chi connectivity index (χ1v) is 8.12. The molecule has 0 radical (unpaired) electrons. The third kappa shape index (κ3) is 4.16. The molecule has 27 heavy (non-hydrogen) atoms. The molecule has 0 aliphatic carbocycles. The van der Waals surface area contributed by atoms with Gasteiger partial charge in [0.05, 0.1) is 4.92 Å². The summed E-state index contributed by atoms with van der Waals surface area (Å²) in [4.78, 5) is 22.7. The number of rotatable bonds is 4. The first-order chi connectivity index (χ1) is 13.0. The number of amides is 1. The van der Waals surface area contributed by atoms with Gasteiger partial charge in [-0.3, -0.25) is 14.9 Å². The van der Waals surface area contributed by atoms with Crippen LogP contribution < -0.4 is 14.8 Å². The molecule has 0 saturated heterocycles. The van der Waals surface area contributed by atoms with Crippen molar-refractivity contribution in [1.29, 1.82) is 5.26 Å². The zero-order chi connectivity index (χ0) is 19.4. The average molecular weight is 386 g/mol. The van der Waals surface area contributed by atoms with Crippen LogP contribution in [-0.2, 0) is 4.79 Å². The summed E-state index contributed by atoms with van der Waals surface area (Å²) >= 11 is 5.76. The van der Waals surface area contributed by atoms with E-state index in [1.54, 1.807) is 24.3 Å². The smallest absolute Gasteiger partial charge is 0.288 e. The zero-order valence-corrected chi connectivity index (χ0v) is 14.5. The lowest BCUT2D eigenvalue weighted by Crippen LogP contribution is -2.17. The summed E-state index contributed by atoms with van der Waals surface area (Å²) in [7, 11) is 0. The molecule has 1 heterocycles. The van der Waals surface area contributed by atoms with E-state index in [-0.39, 0.29) is 16.3 Å². The highest BCUT2D eigenvalue weighted by atomic mass is 35.5. The molecule has 0 spiro atoms. The Balaban J connectivity index is 1.82. The topological polar surface area (TPSA) is 114 Å². The van der Waals surface area contributed by atoms with Crippen LogP contribution in [0.25, 0.3) is 6.08 Å². The fraction of sp³-hybridized carbons (Fsp3) is 0.111. The Morgan fingerprint density at radius 2 is 1.96 bits per heavy atom. The number of ether oxygens (including phenoxy) is 2. The van der Waals surface area contributed by atoms with Crippen LogP contribution in [0.3, 0.4) is 0 Å². The van der Waals surface area contributed by atoms with E-state index in [2.05, 4.69) is 5.32 Å². The van der Waals surface area contributed by atoms with Gasteiger partial charge in [0.15, 0.2) is 11.5 Å². The van der Waals surface area contributed by atoms with Crippen LogP contribution in [0.5, 0.6) is 11.5 Å². The first kappa shape index (κ1) is 18.2. The zero-order valence-electron chi connectivity index (χ0n) is 13.8. The van der Waals surface area contributed by atoms with Crippen molar-refractivity contribution in [1.82, 2.24) is 0 Å². The highest BCUT2D eigenvalue weighted by molar-refractivity contribution is 6.32. The Labute approximate surface area is 158 Å². The van der Waals surface area contributed by atoms with Gasteiger partial charge in [-0.15, -0.1) is 0 Å². The second kappa shape index (κ2) is 7.76. The molecule has 0 bridgehead atoms.